The highest BCUT2D eigenvalue weighted by molar-refractivity contribution is 6.31. The zero-order valence-corrected chi connectivity index (χ0v) is 19.8. The third-order valence-corrected chi connectivity index (χ3v) is 6.16. The molecule has 1 aliphatic rings. The van der Waals surface area contributed by atoms with E-state index in [9.17, 15) is 10.1 Å². The van der Waals surface area contributed by atoms with E-state index >= 15 is 0 Å². The van der Waals surface area contributed by atoms with Crippen LogP contribution < -0.4 is 10.2 Å². The van der Waals surface area contributed by atoms with Crippen LogP contribution in [0, 0.1) is 18.3 Å². The van der Waals surface area contributed by atoms with E-state index in [1.807, 2.05) is 13.0 Å². The number of fused-ring (bicyclic) bond motifs is 1. The van der Waals surface area contributed by atoms with Gasteiger partial charge < -0.3 is 10.2 Å². The molecule has 0 fully saturated rings. The van der Waals surface area contributed by atoms with Gasteiger partial charge in [0, 0.05) is 28.0 Å². The summed E-state index contributed by atoms with van der Waals surface area (Å²) in [6.07, 6.45) is 2.73. The molecule has 162 valence electrons. The Kier molecular flexibility index (Phi) is 6.48. The van der Waals surface area contributed by atoms with Crippen molar-refractivity contribution in [3.63, 3.8) is 0 Å². The highest BCUT2D eigenvalue weighted by Gasteiger charge is 2.37. The molecule has 4 nitrogen and oxygen atoms in total. The molecule has 2 aromatic rings. The fourth-order valence-corrected chi connectivity index (χ4v) is 5.01. The van der Waals surface area contributed by atoms with Gasteiger partial charge in [-0.25, -0.2) is 0 Å². The molecule has 3 rings (SSSR count). The van der Waals surface area contributed by atoms with E-state index in [-0.39, 0.29) is 11.1 Å². The Bertz CT molecular complexity index is 1080. The highest BCUT2D eigenvalue weighted by Crippen LogP contribution is 2.45. The summed E-state index contributed by atoms with van der Waals surface area (Å²) in [5.74, 6) is -0.0570. The summed E-state index contributed by atoms with van der Waals surface area (Å²) in [5, 5.41) is 12.9. The summed E-state index contributed by atoms with van der Waals surface area (Å²) >= 11 is 5.99. The number of benzene rings is 2. The number of anilines is 2. The van der Waals surface area contributed by atoms with Crippen LogP contribution in [0.5, 0.6) is 0 Å². The van der Waals surface area contributed by atoms with Crippen LogP contribution in [0.15, 0.2) is 42.0 Å². The number of nitrogens with zero attached hydrogens (tertiary/aromatic N) is 2. The fraction of sp³-hybridized carbons (Fsp3) is 0.385. The molecule has 1 atom stereocenters. The summed E-state index contributed by atoms with van der Waals surface area (Å²) in [6.45, 7) is 13.3. The van der Waals surface area contributed by atoms with Gasteiger partial charge in [0.05, 0.1) is 0 Å². The Labute approximate surface area is 190 Å². The van der Waals surface area contributed by atoms with Crippen molar-refractivity contribution in [3.05, 3.63) is 63.7 Å². The lowest BCUT2D eigenvalue weighted by Gasteiger charge is -2.50. The van der Waals surface area contributed by atoms with Crippen LogP contribution in [-0.4, -0.2) is 17.5 Å². The van der Waals surface area contributed by atoms with E-state index in [1.165, 1.54) is 11.3 Å². The molecule has 0 radical (unpaired) electrons. The number of nitrogens with one attached hydrogen (secondary N) is 1. The third-order valence-electron chi connectivity index (χ3n) is 5.93. The van der Waals surface area contributed by atoms with Crippen LogP contribution >= 0.6 is 11.6 Å². The molecule has 1 heterocycles. The molecule has 0 saturated carbocycles. The third kappa shape index (κ3) is 4.78. The second-order valence-corrected chi connectivity index (χ2v) is 9.72. The maximum absolute atomic E-state index is 12.7. The fourth-order valence-electron chi connectivity index (χ4n) is 4.82. The minimum absolute atomic E-state index is 0.0625. The molecule has 2 aromatic carbocycles. The van der Waals surface area contributed by atoms with Crippen molar-refractivity contribution in [1.29, 1.82) is 5.26 Å². The maximum Gasteiger partial charge on any atom is 0.266 e. The first-order chi connectivity index (χ1) is 14.5. The zero-order valence-electron chi connectivity index (χ0n) is 19.1. The molecule has 5 heteroatoms. The van der Waals surface area contributed by atoms with Crippen LogP contribution in [-0.2, 0) is 4.79 Å². The Morgan fingerprint density at radius 3 is 2.65 bits per heavy atom. The van der Waals surface area contributed by atoms with Gasteiger partial charge in [0.25, 0.3) is 5.91 Å². The van der Waals surface area contributed by atoms with Crippen molar-refractivity contribution in [1.82, 2.24) is 0 Å². The van der Waals surface area contributed by atoms with E-state index in [0.717, 1.165) is 17.5 Å². The molecular weight excluding hydrogens is 406 g/mol. The van der Waals surface area contributed by atoms with Crippen molar-refractivity contribution in [2.45, 2.75) is 65.5 Å². The van der Waals surface area contributed by atoms with Gasteiger partial charge in [-0.2, -0.15) is 5.26 Å². The second-order valence-electron chi connectivity index (χ2n) is 9.28. The summed E-state index contributed by atoms with van der Waals surface area (Å²) in [4.78, 5) is 15.2. The number of amides is 1. The van der Waals surface area contributed by atoms with Crippen molar-refractivity contribution < 1.29 is 4.79 Å². The number of carbonyl (C=O) groups excluding carboxylic acids is 1. The smallest absolute Gasteiger partial charge is 0.266 e. The predicted octanol–water partition coefficient (Wildman–Crippen LogP) is 6.69. The molecule has 0 spiro atoms. The molecule has 0 bridgehead atoms. The van der Waals surface area contributed by atoms with E-state index < -0.39 is 5.91 Å². The standard InChI is InChI=1S/C26H30ClN3O/c1-16(2)30-24-10-17(3)19(12-23(24)18(4)14-26(30,5)6)11-20(15-28)25(31)29-22-9-7-8-21(27)13-22/h7-13,16,18H,14H2,1-6H3,(H,29,31)/b20-11-. The van der Waals surface area contributed by atoms with Crippen molar-refractivity contribution >= 4 is 35.0 Å². The summed E-state index contributed by atoms with van der Waals surface area (Å²) < 4.78 is 0. The van der Waals surface area contributed by atoms with Crippen LogP contribution in [0.2, 0.25) is 5.02 Å². The van der Waals surface area contributed by atoms with Gasteiger partial charge in [0.1, 0.15) is 11.6 Å². The second kappa shape index (κ2) is 8.77. The largest absolute Gasteiger partial charge is 0.364 e. The number of rotatable bonds is 4. The molecule has 1 N–H and O–H groups in total. The minimum atomic E-state index is -0.445. The number of hydrogen-bond acceptors (Lipinski definition) is 3. The van der Waals surface area contributed by atoms with Crippen LogP contribution in [0.4, 0.5) is 11.4 Å². The average Bonchev–Trinajstić information content (AvgIpc) is 2.65. The average molecular weight is 436 g/mol. The number of carbonyl (C=O) groups is 1. The summed E-state index contributed by atoms with van der Waals surface area (Å²) in [6, 6.07) is 13.7. The summed E-state index contributed by atoms with van der Waals surface area (Å²) in [5.41, 5.74) is 5.13. The minimum Gasteiger partial charge on any atom is -0.364 e. The molecule has 0 aromatic heterocycles. The molecule has 31 heavy (non-hydrogen) atoms. The highest BCUT2D eigenvalue weighted by atomic mass is 35.5. The molecule has 0 saturated heterocycles. The van der Waals surface area contributed by atoms with E-state index in [1.54, 1.807) is 30.3 Å². The van der Waals surface area contributed by atoms with E-state index in [2.05, 4.69) is 57.0 Å². The van der Waals surface area contributed by atoms with Crippen LogP contribution in [0.25, 0.3) is 6.08 Å². The van der Waals surface area contributed by atoms with Gasteiger partial charge in [-0.15, -0.1) is 0 Å². The lowest BCUT2D eigenvalue weighted by atomic mass is 9.78. The first kappa shape index (κ1) is 22.9. The molecular formula is C26H30ClN3O. The van der Waals surface area contributed by atoms with Crippen LogP contribution in [0.1, 0.15) is 63.6 Å². The Morgan fingerprint density at radius 2 is 2.03 bits per heavy atom. The quantitative estimate of drug-likeness (QED) is 0.429. The number of halogens is 1. The first-order valence-corrected chi connectivity index (χ1v) is 11.0. The first-order valence-electron chi connectivity index (χ1n) is 10.7. The van der Waals surface area contributed by atoms with Crippen molar-refractivity contribution in [2.24, 2.45) is 0 Å². The lowest BCUT2D eigenvalue weighted by molar-refractivity contribution is -0.112. The monoisotopic (exact) mass is 435 g/mol. The Hall–Kier alpha value is -2.77. The van der Waals surface area contributed by atoms with Crippen molar-refractivity contribution in [2.75, 3.05) is 10.2 Å². The van der Waals surface area contributed by atoms with Gasteiger partial charge >= 0.3 is 0 Å². The topological polar surface area (TPSA) is 56.1 Å². The molecule has 1 aliphatic heterocycles. The van der Waals surface area contributed by atoms with Gasteiger partial charge in [-0.3, -0.25) is 4.79 Å². The number of hydrogen-bond donors (Lipinski definition) is 1. The normalized spacial score (nSPS) is 17.8. The SMILES string of the molecule is Cc1cc2c(cc1/C=C(/C#N)C(=O)Nc1cccc(Cl)c1)C(C)CC(C)(C)N2C(C)C. The van der Waals surface area contributed by atoms with Gasteiger partial charge in [-0.1, -0.05) is 24.6 Å². The molecule has 1 amide bonds. The van der Waals surface area contributed by atoms with Crippen molar-refractivity contribution in [3.8, 4) is 6.07 Å². The van der Waals surface area contributed by atoms with Crippen LogP contribution in [0.3, 0.4) is 0 Å². The summed E-state index contributed by atoms with van der Waals surface area (Å²) in [7, 11) is 0. The number of nitriles is 1. The predicted molar refractivity (Wildman–Crippen MR) is 130 cm³/mol. The van der Waals surface area contributed by atoms with Gasteiger partial charge in [-0.05, 0) is 100 Å². The Balaban J connectivity index is 1.99. The van der Waals surface area contributed by atoms with Gasteiger partial charge in [0.2, 0.25) is 0 Å². The van der Waals surface area contributed by atoms with E-state index in [0.29, 0.717) is 22.7 Å². The molecule has 1 unspecified atom stereocenters. The van der Waals surface area contributed by atoms with E-state index in [4.69, 9.17) is 11.6 Å². The molecule has 0 aliphatic carbocycles. The zero-order chi connectivity index (χ0) is 22.9. The Morgan fingerprint density at radius 1 is 1.32 bits per heavy atom. The lowest BCUT2D eigenvalue weighted by Crippen LogP contribution is -2.51. The van der Waals surface area contributed by atoms with Gasteiger partial charge in [0.15, 0.2) is 0 Å². The number of aryl methyl sites for hydroxylation is 1. The maximum atomic E-state index is 12.7.